The molecule has 0 saturated carbocycles. The molecule has 1 aliphatic rings. The van der Waals surface area contributed by atoms with Crippen molar-refractivity contribution in [2.45, 2.75) is 32.2 Å². The molecule has 0 radical (unpaired) electrons. The molecule has 0 aromatic carbocycles. The maximum atomic E-state index is 10.5. The van der Waals surface area contributed by atoms with Crippen LogP contribution < -0.4 is 0 Å². The van der Waals surface area contributed by atoms with E-state index in [1.807, 2.05) is 5.01 Å². The highest BCUT2D eigenvalue weighted by molar-refractivity contribution is 5.96. The lowest BCUT2D eigenvalue weighted by Crippen LogP contribution is -2.29. The average Bonchev–Trinajstić information content (AvgIpc) is 2.52. The molecule has 0 spiro atoms. The molecule has 0 aliphatic carbocycles. The average molecular weight is 214 g/mol. The number of carboxylic acid groups (broad SMARTS) is 1. The van der Waals surface area contributed by atoms with Gasteiger partial charge < -0.3 is 9.84 Å². The van der Waals surface area contributed by atoms with Gasteiger partial charge in [0.15, 0.2) is 0 Å². The van der Waals surface area contributed by atoms with Gasteiger partial charge >= 0.3 is 5.97 Å². The van der Waals surface area contributed by atoms with Gasteiger partial charge in [-0.25, -0.2) is 0 Å². The molecule has 1 rings (SSSR count). The lowest BCUT2D eigenvalue weighted by atomic mass is 10.2. The van der Waals surface area contributed by atoms with Crippen LogP contribution in [-0.2, 0) is 9.53 Å². The summed E-state index contributed by atoms with van der Waals surface area (Å²) in [6.07, 6.45) is 2.17. The molecule has 0 aromatic rings. The second kappa shape index (κ2) is 5.70. The van der Waals surface area contributed by atoms with Gasteiger partial charge in [-0.15, -0.1) is 0 Å². The zero-order chi connectivity index (χ0) is 11.3. The maximum Gasteiger partial charge on any atom is 0.309 e. The summed E-state index contributed by atoms with van der Waals surface area (Å²) >= 11 is 0. The Labute approximate surface area is 89.7 Å². The second-order valence-corrected chi connectivity index (χ2v) is 3.82. The van der Waals surface area contributed by atoms with E-state index in [2.05, 4.69) is 5.10 Å². The molecule has 1 N–H and O–H groups in total. The molecule has 86 valence electrons. The van der Waals surface area contributed by atoms with E-state index in [0.717, 1.165) is 19.4 Å². The van der Waals surface area contributed by atoms with E-state index in [9.17, 15) is 4.79 Å². The van der Waals surface area contributed by atoms with Crippen LogP contribution in [0.25, 0.3) is 0 Å². The summed E-state index contributed by atoms with van der Waals surface area (Å²) in [6.45, 7) is 3.30. The monoisotopic (exact) mass is 214 g/mol. The number of hydrazone groups is 1. The number of carbonyl (C=O) groups is 1. The van der Waals surface area contributed by atoms with Crippen LogP contribution >= 0.6 is 0 Å². The Morgan fingerprint density at radius 1 is 1.67 bits per heavy atom. The Morgan fingerprint density at radius 2 is 2.40 bits per heavy atom. The van der Waals surface area contributed by atoms with Gasteiger partial charge in [0.05, 0.1) is 19.1 Å². The van der Waals surface area contributed by atoms with Crippen molar-refractivity contribution in [3.63, 3.8) is 0 Å². The molecule has 1 heterocycles. The Kier molecular flexibility index (Phi) is 4.55. The molecular weight excluding hydrogens is 196 g/mol. The first-order valence-electron chi connectivity index (χ1n) is 5.15. The molecule has 1 aliphatic heterocycles. The Bertz CT molecular complexity index is 253. The summed E-state index contributed by atoms with van der Waals surface area (Å²) in [5.41, 5.74) is 0.644. The first-order valence-corrected chi connectivity index (χ1v) is 5.15. The summed E-state index contributed by atoms with van der Waals surface area (Å²) in [6, 6.07) is 0.304. The highest BCUT2D eigenvalue weighted by atomic mass is 16.5. The molecule has 0 amide bonds. The van der Waals surface area contributed by atoms with E-state index in [4.69, 9.17) is 9.84 Å². The van der Waals surface area contributed by atoms with Crippen LogP contribution in [0, 0.1) is 0 Å². The number of hydrogen-bond donors (Lipinski definition) is 1. The number of rotatable bonds is 5. The highest BCUT2D eigenvalue weighted by Crippen LogP contribution is 2.17. The van der Waals surface area contributed by atoms with E-state index in [1.165, 1.54) is 0 Å². The van der Waals surface area contributed by atoms with Gasteiger partial charge in [0.25, 0.3) is 0 Å². The summed E-state index contributed by atoms with van der Waals surface area (Å²) < 4.78 is 5.09. The van der Waals surface area contributed by atoms with Crippen molar-refractivity contribution in [2.24, 2.45) is 5.10 Å². The summed E-state index contributed by atoms with van der Waals surface area (Å²) in [5.74, 6) is -0.835. The van der Waals surface area contributed by atoms with Gasteiger partial charge in [0, 0.05) is 19.4 Å². The zero-order valence-electron chi connectivity index (χ0n) is 9.27. The van der Waals surface area contributed by atoms with Gasteiger partial charge in [-0.1, -0.05) is 0 Å². The third-order valence-corrected chi connectivity index (χ3v) is 2.41. The molecule has 0 aromatic heterocycles. The lowest BCUT2D eigenvalue weighted by Gasteiger charge is -2.21. The quantitative estimate of drug-likeness (QED) is 0.692. The molecule has 0 unspecified atom stereocenters. The molecular formula is C10H18N2O3. The zero-order valence-corrected chi connectivity index (χ0v) is 9.27. The lowest BCUT2D eigenvalue weighted by molar-refractivity contribution is -0.135. The van der Waals surface area contributed by atoms with Gasteiger partial charge in [0.1, 0.15) is 0 Å². The number of ether oxygens (including phenoxy) is 1. The molecule has 15 heavy (non-hydrogen) atoms. The minimum atomic E-state index is -0.835. The van der Waals surface area contributed by atoms with Gasteiger partial charge in [-0.05, 0) is 19.8 Å². The van der Waals surface area contributed by atoms with Crippen LogP contribution in [0.2, 0.25) is 0 Å². The fourth-order valence-corrected chi connectivity index (χ4v) is 1.79. The number of carboxylic acids is 1. The normalized spacial score (nSPS) is 22.1. The van der Waals surface area contributed by atoms with Crippen LogP contribution in [0.1, 0.15) is 26.2 Å². The van der Waals surface area contributed by atoms with Crippen LogP contribution in [0.4, 0.5) is 0 Å². The smallest absolute Gasteiger partial charge is 0.309 e. The first kappa shape index (κ1) is 12.0. The van der Waals surface area contributed by atoms with Crippen molar-refractivity contribution in [2.75, 3.05) is 20.3 Å². The number of methoxy groups -OCH3 is 1. The number of aliphatic carboxylic acids is 1. The minimum absolute atomic E-state index is 0.0101. The van der Waals surface area contributed by atoms with Crippen LogP contribution in [0.3, 0.4) is 0 Å². The molecule has 1 saturated heterocycles. The van der Waals surface area contributed by atoms with Crippen LogP contribution in [0.5, 0.6) is 0 Å². The van der Waals surface area contributed by atoms with E-state index in [0.29, 0.717) is 18.4 Å². The van der Waals surface area contributed by atoms with Crippen molar-refractivity contribution >= 4 is 11.7 Å². The number of hydrogen-bond acceptors (Lipinski definition) is 4. The van der Waals surface area contributed by atoms with Crippen LogP contribution in [0.15, 0.2) is 5.10 Å². The van der Waals surface area contributed by atoms with Crippen LogP contribution in [-0.4, -0.2) is 48.1 Å². The molecule has 1 fully saturated rings. The predicted molar refractivity (Wildman–Crippen MR) is 57.0 cm³/mol. The molecule has 5 nitrogen and oxygen atoms in total. The Hall–Kier alpha value is -1.10. The SMILES string of the molecule is COC[C@H]1CCCN1/N=C(/C)CC(=O)O. The third-order valence-electron chi connectivity index (χ3n) is 2.41. The van der Waals surface area contributed by atoms with E-state index in [-0.39, 0.29) is 6.42 Å². The predicted octanol–water partition coefficient (Wildman–Crippen LogP) is 0.948. The van der Waals surface area contributed by atoms with Crippen molar-refractivity contribution in [1.82, 2.24) is 5.01 Å². The Balaban J connectivity index is 2.51. The summed E-state index contributed by atoms with van der Waals surface area (Å²) in [4.78, 5) is 10.5. The first-order chi connectivity index (χ1) is 7.13. The van der Waals surface area contributed by atoms with Crippen molar-refractivity contribution in [3.8, 4) is 0 Å². The second-order valence-electron chi connectivity index (χ2n) is 3.82. The maximum absolute atomic E-state index is 10.5. The van der Waals surface area contributed by atoms with Crippen molar-refractivity contribution in [3.05, 3.63) is 0 Å². The fourth-order valence-electron chi connectivity index (χ4n) is 1.79. The topological polar surface area (TPSA) is 62.1 Å². The van der Waals surface area contributed by atoms with Gasteiger partial charge in [0.2, 0.25) is 0 Å². The minimum Gasteiger partial charge on any atom is -0.481 e. The molecule has 1 atom stereocenters. The van der Waals surface area contributed by atoms with E-state index in [1.54, 1.807) is 14.0 Å². The van der Waals surface area contributed by atoms with E-state index >= 15 is 0 Å². The molecule has 0 bridgehead atoms. The number of nitrogens with zero attached hydrogens (tertiary/aromatic N) is 2. The van der Waals surface area contributed by atoms with Gasteiger partial charge in [-0.2, -0.15) is 5.10 Å². The highest BCUT2D eigenvalue weighted by Gasteiger charge is 2.23. The third kappa shape index (κ3) is 3.87. The van der Waals surface area contributed by atoms with Crippen molar-refractivity contribution < 1.29 is 14.6 Å². The summed E-state index contributed by atoms with van der Waals surface area (Å²) in [7, 11) is 1.67. The van der Waals surface area contributed by atoms with Gasteiger partial charge in [-0.3, -0.25) is 9.80 Å². The Morgan fingerprint density at radius 3 is 3.00 bits per heavy atom. The summed E-state index contributed by atoms with van der Waals surface area (Å²) in [5, 5.41) is 14.9. The van der Waals surface area contributed by atoms with E-state index < -0.39 is 5.97 Å². The fraction of sp³-hybridized carbons (Fsp3) is 0.800. The largest absolute Gasteiger partial charge is 0.481 e. The standard InChI is InChI=1S/C10H18N2O3/c1-8(6-10(13)14)11-12-5-3-4-9(12)7-15-2/h9H,3-7H2,1-2H3,(H,13,14)/b11-8-/t9-/m1/s1. The van der Waals surface area contributed by atoms with Crippen molar-refractivity contribution in [1.29, 1.82) is 0 Å². The molecule has 5 heteroatoms.